The van der Waals surface area contributed by atoms with Crippen LogP contribution in [-0.4, -0.2) is 11.7 Å². The van der Waals surface area contributed by atoms with Crippen molar-refractivity contribution in [1.29, 1.82) is 0 Å². The van der Waals surface area contributed by atoms with Gasteiger partial charge in [-0.1, -0.05) is 80.6 Å². The van der Waals surface area contributed by atoms with Crippen LogP contribution in [-0.2, 0) is 19.3 Å². The maximum absolute atomic E-state index is 9.14. The van der Waals surface area contributed by atoms with Crippen LogP contribution in [0.2, 0.25) is 0 Å². The molecule has 3 rings (SSSR count). The number of aliphatic hydroxyl groups is 1. The Bertz CT molecular complexity index is 814. The Labute approximate surface area is 151 Å². The standard InChI is InChI=1S/C24H26O/c1-3-18-5-8-21(9-6-18)22-10-12-23(13-11-22)24-14-7-19(15-16-25)17-20(24)4-2/h5-14,17,25H,3-4,15-16H2,1-2H3. The van der Waals surface area contributed by atoms with E-state index < -0.39 is 0 Å². The molecule has 0 spiro atoms. The molecule has 0 saturated heterocycles. The number of aliphatic hydroxyl groups excluding tert-OH is 1. The van der Waals surface area contributed by atoms with E-state index in [0.29, 0.717) is 0 Å². The quantitative estimate of drug-likeness (QED) is 0.616. The first kappa shape index (κ1) is 17.4. The maximum atomic E-state index is 9.14. The number of hydrogen-bond acceptors (Lipinski definition) is 1. The van der Waals surface area contributed by atoms with Crippen LogP contribution in [0.15, 0.2) is 66.7 Å². The summed E-state index contributed by atoms with van der Waals surface area (Å²) in [5.74, 6) is 0. The molecular weight excluding hydrogens is 304 g/mol. The highest BCUT2D eigenvalue weighted by Crippen LogP contribution is 2.28. The van der Waals surface area contributed by atoms with Gasteiger partial charge in [-0.2, -0.15) is 0 Å². The van der Waals surface area contributed by atoms with Crippen LogP contribution < -0.4 is 0 Å². The molecule has 0 fully saturated rings. The minimum absolute atomic E-state index is 0.202. The van der Waals surface area contributed by atoms with Gasteiger partial charge in [-0.15, -0.1) is 0 Å². The molecule has 0 bridgehead atoms. The van der Waals surface area contributed by atoms with Gasteiger partial charge < -0.3 is 5.11 Å². The summed E-state index contributed by atoms with van der Waals surface area (Å²) in [4.78, 5) is 0. The highest BCUT2D eigenvalue weighted by Gasteiger charge is 2.06. The molecule has 25 heavy (non-hydrogen) atoms. The van der Waals surface area contributed by atoms with Crippen LogP contribution in [0.1, 0.15) is 30.5 Å². The largest absolute Gasteiger partial charge is 0.396 e. The molecule has 0 saturated carbocycles. The van der Waals surface area contributed by atoms with E-state index in [1.165, 1.54) is 38.9 Å². The van der Waals surface area contributed by atoms with E-state index in [0.717, 1.165) is 19.3 Å². The smallest absolute Gasteiger partial charge is 0.0471 e. The molecule has 0 aromatic heterocycles. The molecule has 0 heterocycles. The molecule has 0 amide bonds. The topological polar surface area (TPSA) is 20.2 Å². The third kappa shape index (κ3) is 4.00. The van der Waals surface area contributed by atoms with Gasteiger partial charge in [0.25, 0.3) is 0 Å². The van der Waals surface area contributed by atoms with Gasteiger partial charge in [0.05, 0.1) is 0 Å². The normalized spacial score (nSPS) is 10.8. The van der Waals surface area contributed by atoms with Crippen LogP contribution in [0, 0.1) is 0 Å². The van der Waals surface area contributed by atoms with Crippen LogP contribution in [0.5, 0.6) is 0 Å². The third-order valence-corrected chi connectivity index (χ3v) is 4.84. The molecule has 0 unspecified atom stereocenters. The zero-order chi connectivity index (χ0) is 17.6. The summed E-state index contributed by atoms with van der Waals surface area (Å²) in [6.07, 6.45) is 2.79. The van der Waals surface area contributed by atoms with Crippen molar-refractivity contribution in [2.75, 3.05) is 6.61 Å². The van der Waals surface area contributed by atoms with Crippen molar-refractivity contribution in [2.24, 2.45) is 0 Å². The Balaban J connectivity index is 1.89. The van der Waals surface area contributed by atoms with Crippen LogP contribution in [0.25, 0.3) is 22.3 Å². The van der Waals surface area contributed by atoms with Crippen LogP contribution in [0.4, 0.5) is 0 Å². The molecule has 0 radical (unpaired) electrons. The Hall–Kier alpha value is -2.38. The lowest BCUT2D eigenvalue weighted by Crippen LogP contribution is -1.95. The molecule has 3 aromatic rings. The second-order valence-electron chi connectivity index (χ2n) is 6.45. The molecule has 0 aliphatic carbocycles. The van der Waals surface area contributed by atoms with E-state index in [1.807, 2.05) is 0 Å². The van der Waals surface area contributed by atoms with Crippen molar-refractivity contribution < 1.29 is 5.11 Å². The van der Waals surface area contributed by atoms with E-state index in [4.69, 9.17) is 5.11 Å². The molecule has 1 nitrogen and oxygen atoms in total. The molecule has 1 N–H and O–H groups in total. The van der Waals surface area contributed by atoms with Gasteiger partial charge in [0, 0.05) is 6.61 Å². The Morgan fingerprint density at radius 1 is 0.640 bits per heavy atom. The van der Waals surface area contributed by atoms with E-state index in [-0.39, 0.29) is 6.61 Å². The highest BCUT2D eigenvalue weighted by atomic mass is 16.2. The average Bonchev–Trinajstić information content (AvgIpc) is 2.68. The summed E-state index contributed by atoms with van der Waals surface area (Å²) in [5, 5.41) is 9.14. The molecular formula is C24H26O. The summed E-state index contributed by atoms with van der Waals surface area (Å²) < 4.78 is 0. The number of rotatable bonds is 6. The summed E-state index contributed by atoms with van der Waals surface area (Å²) in [6.45, 7) is 4.57. The number of benzene rings is 3. The van der Waals surface area contributed by atoms with Gasteiger partial charge >= 0.3 is 0 Å². The molecule has 3 aromatic carbocycles. The Kier molecular flexibility index (Phi) is 5.67. The second-order valence-corrected chi connectivity index (χ2v) is 6.45. The van der Waals surface area contributed by atoms with E-state index in [2.05, 4.69) is 80.6 Å². The summed E-state index contributed by atoms with van der Waals surface area (Å²) in [5.41, 5.74) is 8.97. The predicted molar refractivity (Wildman–Crippen MR) is 107 cm³/mol. The predicted octanol–water partition coefficient (Wildman–Crippen LogP) is 5.68. The molecule has 1 heteroatoms. The van der Waals surface area contributed by atoms with E-state index in [9.17, 15) is 0 Å². The molecule has 0 aliphatic rings. The minimum atomic E-state index is 0.202. The average molecular weight is 330 g/mol. The zero-order valence-electron chi connectivity index (χ0n) is 15.1. The molecule has 128 valence electrons. The summed E-state index contributed by atoms with van der Waals surface area (Å²) >= 11 is 0. The first-order valence-electron chi connectivity index (χ1n) is 9.17. The van der Waals surface area contributed by atoms with Crippen molar-refractivity contribution >= 4 is 0 Å². The van der Waals surface area contributed by atoms with Crippen molar-refractivity contribution in [1.82, 2.24) is 0 Å². The van der Waals surface area contributed by atoms with Gasteiger partial charge in [0.1, 0.15) is 0 Å². The molecule has 0 atom stereocenters. The Morgan fingerprint density at radius 3 is 1.76 bits per heavy atom. The third-order valence-electron chi connectivity index (χ3n) is 4.84. The summed E-state index contributed by atoms with van der Waals surface area (Å²) in [6, 6.07) is 24.2. The Morgan fingerprint density at radius 2 is 1.20 bits per heavy atom. The minimum Gasteiger partial charge on any atom is -0.396 e. The fraction of sp³-hybridized carbons (Fsp3) is 0.250. The fourth-order valence-corrected chi connectivity index (χ4v) is 3.28. The zero-order valence-corrected chi connectivity index (χ0v) is 15.1. The van der Waals surface area contributed by atoms with Crippen LogP contribution in [0.3, 0.4) is 0 Å². The maximum Gasteiger partial charge on any atom is 0.0471 e. The van der Waals surface area contributed by atoms with Gasteiger partial charge in [0.15, 0.2) is 0 Å². The van der Waals surface area contributed by atoms with Gasteiger partial charge in [0.2, 0.25) is 0 Å². The first-order chi connectivity index (χ1) is 12.2. The monoisotopic (exact) mass is 330 g/mol. The summed E-state index contributed by atoms with van der Waals surface area (Å²) in [7, 11) is 0. The van der Waals surface area contributed by atoms with Crippen molar-refractivity contribution in [3.8, 4) is 22.3 Å². The van der Waals surface area contributed by atoms with Crippen molar-refractivity contribution in [3.63, 3.8) is 0 Å². The van der Waals surface area contributed by atoms with Crippen molar-refractivity contribution in [2.45, 2.75) is 33.1 Å². The lowest BCUT2D eigenvalue weighted by molar-refractivity contribution is 0.299. The first-order valence-corrected chi connectivity index (χ1v) is 9.17. The lowest BCUT2D eigenvalue weighted by Gasteiger charge is -2.11. The highest BCUT2D eigenvalue weighted by molar-refractivity contribution is 5.72. The second kappa shape index (κ2) is 8.13. The van der Waals surface area contributed by atoms with E-state index in [1.54, 1.807) is 0 Å². The lowest BCUT2D eigenvalue weighted by atomic mass is 9.93. The van der Waals surface area contributed by atoms with Gasteiger partial charge in [-0.3, -0.25) is 0 Å². The van der Waals surface area contributed by atoms with Crippen molar-refractivity contribution in [3.05, 3.63) is 83.4 Å². The van der Waals surface area contributed by atoms with Gasteiger partial charge in [-0.25, -0.2) is 0 Å². The SMILES string of the molecule is CCc1ccc(-c2ccc(-c3ccc(CCO)cc3CC)cc2)cc1. The number of hydrogen-bond donors (Lipinski definition) is 1. The van der Waals surface area contributed by atoms with Gasteiger partial charge in [-0.05, 0) is 58.2 Å². The van der Waals surface area contributed by atoms with E-state index >= 15 is 0 Å². The number of aryl methyl sites for hydroxylation is 2. The fourth-order valence-electron chi connectivity index (χ4n) is 3.28. The molecule has 0 aliphatic heterocycles. The van der Waals surface area contributed by atoms with Crippen LogP contribution >= 0.6 is 0 Å².